The zero-order chi connectivity index (χ0) is 15.5. The lowest BCUT2D eigenvalue weighted by molar-refractivity contribution is -0.116. The van der Waals surface area contributed by atoms with Gasteiger partial charge in [0.1, 0.15) is 5.75 Å². The molecule has 0 spiro atoms. The maximum Gasteiger partial charge on any atom is 0.243 e. The molecule has 0 heterocycles. The zero-order valence-electron chi connectivity index (χ0n) is 13.0. The van der Waals surface area contributed by atoms with Gasteiger partial charge in [0.05, 0.1) is 7.11 Å². The number of ether oxygens (including phenoxy) is 1. The standard InChI is InChI=1S/C18H23NO2/c1-15(2)14-19-18(20)9-7-5-4-6-8-16-10-12-17(21-3)13-11-16/h7,9-13,15H,4-5,14H2,1-3H3,(H,19,20)/b9-7+. The molecule has 1 aromatic rings. The summed E-state index contributed by atoms with van der Waals surface area (Å²) in [5, 5.41) is 2.84. The summed E-state index contributed by atoms with van der Waals surface area (Å²) in [6.45, 7) is 4.85. The van der Waals surface area contributed by atoms with E-state index >= 15 is 0 Å². The van der Waals surface area contributed by atoms with Crippen molar-refractivity contribution in [1.29, 1.82) is 0 Å². The Hall–Kier alpha value is -2.21. The number of nitrogens with one attached hydrogen (secondary N) is 1. The van der Waals surface area contributed by atoms with Crippen molar-refractivity contribution in [2.75, 3.05) is 13.7 Å². The van der Waals surface area contributed by atoms with Gasteiger partial charge in [-0.1, -0.05) is 31.8 Å². The van der Waals surface area contributed by atoms with E-state index in [1.165, 1.54) is 0 Å². The van der Waals surface area contributed by atoms with E-state index in [9.17, 15) is 4.79 Å². The summed E-state index contributed by atoms with van der Waals surface area (Å²) in [6, 6.07) is 7.65. The van der Waals surface area contributed by atoms with Gasteiger partial charge in [0.15, 0.2) is 0 Å². The van der Waals surface area contributed by atoms with Gasteiger partial charge in [-0.15, -0.1) is 0 Å². The molecule has 0 fully saturated rings. The molecule has 3 nitrogen and oxygen atoms in total. The molecule has 1 rings (SSSR count). The highest BCUT2D eigenvalue weighted by atomic mass is 16.5. The number of unbranched alkanes of at least 4 members (excludes halogenated alkanes) is 1. The highest BCUT2D eigenvalue weighted by Crippen LogP contribution is 2.10. The second kappa shape index (κ2) is 9.66. The van der Waals surface area contributed by atoms with Gasteiger partial charge in [-0.05, 0) is 42.7 Å². The van der Waals surface area contributed by atoms with E-state index in [0.717, 1.165) is 24.2 Å². The Morgan fingerprint density at radius 3 is 2.67 bits per heavy atom. The van der Waals surface area contributed by atoms with Gasteiger partial charge in [-0.25, -0.2) is 0 Å². The van der Waals surface area contributed by atoms with Crippen LogP contribution in [0.4, 0.5) is 0 Å². The Morgan fingerprint density at radius 2 is 2.05 bits per heavy atom. The summed E-state index contributed by atoms with van der Waals surface area (Å²) in [5.74, 6) is 7.44. The van der Waals surface area contributed by atoms with Crippen molar-refractivity contribution in [1.82, 2.24) is 5.32 Å². The van der Waals surface area contributed by atoms with E-state index < -0.39 is 0 Å². The van der Waals surface area contributed by atoms with Gasteiger partial charge in [0.2, 0.25) is 5.91 Å². The van der Waals surface area contributed by atoms with Crippen LogP contribution in [0.1, 0.15) is 32.3 Å². The first kappa shape index (κ1) is 16.8. The summed E-state index contributed by atoms with van der Waals surface area (Å²) < 4.78 is 5.09. The zero-order valence-corrected chi connectivity index (χ0v) is 13.0. The number of carbonyl (C=O) groups excluding carboxylic acids is 1. The predicted molar refractivity (Wildman–Crippen MR) is 86.1 cm³/mol. The molecule has 0 saturated heterocycles. The number of carbonyl (C=O) groups is 1. The number of allylic oxidation sites excluding steroid dienone is 1. The summed E-state index contributed by atoms with van der Waals surface area (Å²) in [5.41, 5.74) is 0.967. The second-order valence-corrected chi connectivity index (χ2v) is 5.11. The first-order valence-electron chi connectivity index (χ1n) is 7.19. The molecular weight excluding hydrogens is 262 g/mol. The maximum absolute atomic E-state index is 11.4. The van der Waals surface area contributed by atoms with Crippen molar-refractivity contribution in [3.05, 3.63) is 42.0 Å². The maximum atomic E-state index is 11.4. The Balaban J connectivity index is 2.27. The first-order valence-corrected chi connectivity index (χ1v) is 7.19. The van der Waals surface area contributed by atoms with Crippen molar-refractivity contribution in [3.8, 4) is 17.6 Å². The van der Waals surface area contributed by atoms with Gasteiger partial charge in [-0.3, -0.25) is 4.79 Å². The third-order valence-electron chi connectivity index (χ3n) is 2.71. The van der Waals surface area contributed by atoms with Crippen LogP contribution in [0, 0.1) is 17.8 Å². The van der Waals surface area contributed by atoms with Crippen LogP contribution in [0.2, 0.25) is 0 Å². The van der Waals surface area contributed by atoms with Crippen LogP contribution < -0.4 is 10.1 Å². The molecule has 21 heavy (non-hydrogen) atoms. The van der Waals surface area contributed by atoms with E-state index in [2.05, 4.69) is 31.0 Å². The molecule has 0 bridgehead atoms. The van der Waals surface area contributed by atoms with Crippen LogP contribution in [-0.4, -0.2) is 19.6 Å². The monoisotopic (exact) mass is 285 g/mol. The van der Waals surface area contributed by atoms with E-state index in [1.807, 2.05) is 30.3 Å². The average molecular weight is 285 g/mol. The molecule has 1 aromatic carbocycles. The van der Waals surface area contributed by atoms with Crippen LogP contribution in [-0.2, 0) is 4.79 Å². The molecule has 0 aliphatic heterocycles. The summed E-state index contributed by atoms with van der Waals surface area (Å²) in [4.78, 5) is 11.4. The Kier molecular flexibility index (Phi) is 7.74. The topological polar surface area (TPSA) is 38.3 Å². The SMILES string of the molecule is COc1ccc(C#CCC/C=C/C(=O)NCC(C)C)cc1. The lowest BCUT2D eigenvalue weighted by atomic mass is 10.2. The molecule has 0 aromatic heterocycles. The molecule has 0 aliphatic carbocycles. The number of benzene rings is 1. The van der Waals surface area contributed by atoms with Crippen molar-refractivity contribution in [2.45, 2.75) is 26.7 Å². The van der Waals surface area contributed by atoms with Crippen LogP contribution >= 0.6 is 0 Å². The summed E-state index contributed by atoms with van der Waals surface area (Å²) in [7, 11) is 1.64. The number of hydrogen-bond acceptors (Lipinski definition) is 2. The predicted octanol–water partition coefficient (Wildman–Crippen LogP) is 3.16. The minimum atomic E-state index is -0.0354. The fourth-order valence-electron chi connectivity index (χ4n) is 1.55. The largest absolute Gasteiger partial charge is 0.497 e. The highest BCUT2D eigenvalue weighted by Gasteiger charge is 1.96. The van der Waals surface area contributed by atoms with E-state index in [1.54, 1.807) is 13.2 Å². The third kappa shape index (κ3) is 7.84. The lowest BCUT2D eigenvalue weighted by Gasteiger charge is -2.03. The van der Waals surface area contributed by atoms with Crippen molar-refractivity contribution in [2.24, 2.45) is 5.92 Å². The van der Waals surface area contributed by atoms with Crippen molar-refractivity contribution >= 4 is 5.91 Å². The summed E-state index contributed by atoms with van der Waals surface area (Å²) in [6.07, 6.45) is 4.95. The van der Waals surface area contributed by atoms with E-state index in [0.29, 0.717) is 12.5 Å². The molecule has 1 amide bonds. The fraction of sp³-hybridized carbons (Fsp3) is 0.389. The molecule has 0 atom stereocenters. The number of hydrogen-bond donors (Lipinski definition) is 1. The van der Waals surface area contributed by atoms with Gasteiger partial charge < -0.3 is 10.1 Å². The second-order valence-electron chi connectivity index (χ2n) is 5.11. The first-order chi connectivity index (χ1) is 10.1. The molecule has 0 aliphatic rings. The summed E-state index contributed by atoms with van der Waals surface area (Å²) >= 11 is 0. The number of methoxy groups -OCH3 is 1. The van der Waals surface area contributed by atoms with Crippen LogP contribution in [0.15, 0.2) is 36.4 Å². The smallest absolute Gasteiger partial charge is 0.243 e. The number of rotatable bonds is 6. The molecule has 0 unspecified atom stereocenters. The van der Waals surface area contributed by atoms with Gasteiger partial charge in [0, 0.05) is 18.5 Å². The fourth-order valence-corrected chi connectivity index (χ4v) is 1.55. The molecule has 0 saturated carbocycles. The van der Waals surface area contributed by atoms with Crippen LogP contribution in [0.3, 0.4) is 0 Å². The van der Waals surface area contributed by atoms with Crippen molar-refractivity contribution in [3.63, 3.8) is 0 Å². The molecule has 3 heteroatoms. The molecule has 0 radical (unpaired) electrons. The minimum Gasteiger partial charge on any atom is -0.497 e. The van der Waals surface area contributed by atoms with Gasteiger partial charge in [-0.2, -0.15) is 0 Å². The third-order valence-corrected chi connectivity index (χ3v) is 2.71. The molecule has 1 N–H and O–H groups in total. The Morgan fingerprint density at radius 1 is 1.33 bits per heavy atom. The minimum absolute atomic E-state index is 0.0354. The van der Waals surface area contributed by atoms with Crippen molar-refractivity contribution < 1.29 is 9.53 Å². The molecule has 112 valence electrons. The van der Waals surface area contributed by atoms with E-state index in [4.69, 9.17) is 4.74 Å². The van der Waals surface area contributed by atoms with Crippen LogP contribution in [0.5, 0.6) is 5.75 Å². The number of amides is 1. The average Bonchev–Trinajstić information content (AvgIpc) is 2.49. The highest BCUT2D eigenvalue weighted by molar-refractivity contribution is 5.87. The quantitative estimate of drug-likeness (QED) is 0.495. The van der Waals surface area contributed by atoms with E-state index in [-0.39, 0.29) is 5.91 Å². The van der Waals surface area contributed by atoms with Crippen LogP contribution in [0.25, 0.3) is 0 Å². The van der Waals surface area contributed by atoms with Gasteiger partial charge >= 0.3 is 0 Å². The molecular formula is C18H23NO2. The normalized spacial score (nSPS) is 10.3. The Labute approximate surface area is 127 Å². The van der Waals surface area contributed by atoms with Gasteiger partial charge in [0.25, 0.3) is 0 Å². The Bertz CT molecular complexity index is 518. The lowest BCUT2D eigenvalue weighted by Crippen LogP contribution is -2.25.